The van der Waals surface area contributed by atoms with Crippen LogP contribution in [0.25, 0.3) is 0 Å². The maximum Gasteiger partial charge on any atom is 0.0637 e. The van der Waals surface area contributed by atoms with Gasteiger partial charge in [-0.15, -0.1) is 0 Å². The van der Waals surface area contributed by atoms with E-state index in [2.05, 4.69) is 33.5 Å². The lowest BCUT2D eigenvalue weighted by atomic mass is 9.82. The first-order valence-electron chi connectivity index (χ1n) is 5.50. The molecule has 0 saturated carbocycles. The second-order valence-electron chi connectivity index (χ2n) is 6.44. The zero-order chi connectivity index (χ0) is 11.0. The molecule has 1 aliphatic heterocycles. The van der Waals surface area contributed by atoms with E-state index in [1.807, 2.05) is 0 Å². The van der Waals surface area contributed by atoms with E-state index in [0.717, 1.165) is 6.42 Å². The summed E-state index contributed by atoms with van der Waals surface area (Å²) >= 11 is 0. The summed E-state index contributed by atoms with van der Waals surface area (Å²) < 4.78 is 5.81. The fraction of sp³-hybridized carbons (Fsp3) is 1.00. The van der Waals surface area contributed by atoms with E-state index in [0.29, 0.717) is 12.7 Å². The Morgan fingerprint density at radius 2 is 1.93 bits per heavy atom. The Labute approximate surface area is 88.7 Å². The van der Waals surface area contributed by atoms with Gasteiger partial charge in [-0.1, -0.05) is 33.5 Å². The SMILES string of the molecule is CC1(C)CO[C@H](C[Si](C)(C)C)C[C@@H]1O. The normalized spacial score (nSPS) is 33.0. The highest BCUT2D eigenvalue weighted by Gasteiger charge is 2.37. The third-order valence-electron chi connectivity index (χ3n) is 2.92. The predicted octanol–water partition coefficient (Wildman–Crippen LogP) is 2.50. The highest BCUT2D eigenvalue weighted by atomic mass is 28.3. The fourth-order valence-corrected chi connectivity index (χ4v) is 3.54. The van der Waals surface area contributed by atoms with E-state index >= 15 is 0 Å². The molecule has 0 aliphatic carbocycles. The number of rotatable bonds is 2. The maximum absolute atomic E-state index is 9.94. The van der Waals surface area contributed by atoms with Crippen LogP contribution in [0.2, 0.25) is 25.7 Å². The molecule has 0 aromatic heterocycles. The lowest BCUT2D eigenvalue weighted by Gasteiger charge is -2.40. The number of hydrogen-bond acceptors (Lipinski definition) is 2. The van der Waals surface area contributed by atoms with E-state index in [1.54, 1.807) is 0 Å². The van der Waals surface area contributed by atoms with E-state index in [4.69, 9.17) is 4.74 Å². The van der Waals surface area contributed by atoms with Crippen molar-refractivity contribution in [3.8, 4) is 0 Å². The number of aliphatic hydroxyl groups is 1. The first-order chi connectivity index (χ1) is 6.21. The molecule has 0 aromatic carbocycles. The Bertz CT molecular complexity index is 196. The van der Waals surface area contributed by atoms with Gasteiger partial charge in [0.2, 0.25) is 0 Å². The molecule has 0 aromatic rings. The van der Waals surface area contributed by atoms with Crippen LogP contribution in [0.4, 0.5) is 0 Å². The molecule has 0 unspecified atom stereocenters. The van der Waals surface area contributed by atoms with Crippen LogP contribution in [-0.4, -0.2) is 32.0 Å². The predicted molar refractivity (Wildman–Crippen MR) is 62.3 cm³/mol. The molecule has 3 heteroatoms. The number of aliphatic hydroxyl groups excluding tert-OH is 1. The van der Waals surface area contributed by atoms with E-state index in [-0.39, 0.29) is 11.5 Å². The van der Waals surface area contributed by atoms with Crippen LogP contribution in [0.1, 0.15) is 20.3 Å². The van der Waals surface area contributed by atoms with Crippen LogP contribution in [0.5, 0.6) is 0 Å². The zero-order valence-electron chi connectivity index (χ0n) is 10.1. The van der Waals surface area contributed by atoms with Crippen LogP contribution < -0.4 is 0 Å². The van der Waals surface area contributed by atoms with Gasteiger partial charge < -0.3 is 9.84 Å². The van der Waals surface area contributed by atoms with E-state index in [1.165, 1.54) is 6.04 Å². The molecule has 0 amide bonds. The number of ether oxygens (including phenoxy) is 1. The molecule has 84 valence electrons. The van der Waals surface area contributed by atoms with Crippen molar-refractivity contribution in [3.63, 3.8) is 0 Å². The van der Waals surface area contributed by atoms with Gasteiger partial charge in [0, 0.05) is 13.5 Å². The second kappa shape index (κ2) is 3.95. The Morgan fingerprint density at radius 3 is 2.36 bits per heavy atom. The highest BCUT2D eigenvalue weighted by Crippen LogP contribution is 2.33. The standard InChI is InChI=1S/C11H24O2Si/c1-11(2)8-13-9(6-10(11)12)7-14(3,4)5/h9-10,12H,6-8H2,1-5H3/t9-,10-/m0/s1. The van der Waals surface area contributed by atoms with E-state index in [9.17, 15) is 5.11 Å². The average molecular weight is 216 g/mol. The maximum atomic E-state index is 9.94. The van der Waals surface area contributed by atoms with Crippen LogP contribution >= 0.6 is 0 Å². The summed E-state index contributed by atoms with van der Waals surface area (Å²) in [6.07, 6.45) is 0.916. The van der Waals surface area contributed by atoms with E-state index < -0.39 is 8.07 Å². The minimum absolute atomic E-state index is 0.0596. The van der Waals surface area contributed by atoms with Gasteiger partial charge in [0.25, 0.3) is 0 Å². The Hall–Kier alpha value is 0.137. The van der Waals surface area contributed by atoms with Crippen molar-refractivity contribution >= 4 is 8.07 Å². The number of hydrogen-bond donors (Lipinski definition) is 1. The van der Waals surface area contributed by atoms with Gasteiger partial charge in [-0.05, 0) is 12.5 Å². The monoisotopic (exact) mass is 216 g/mol. The molecule has 0 spiro atoms. The fourth-order valence-electron chi connectivity index (χ4n) is 1.89. The van der Waals surface area contributed by atoms with Gasteiger partial charge in [-0.25, -0.2) is 0 Å². The average Bonchev–Trinajstić information content (AvgIpc) is 1.95. The van der Waals surface area contributed by atoms with Crippen molar-refractivity contribution in [2.45, 2.75) is 58.2 Å². The van der Waals surface area contributed by atoms with Gasteiger partial charge in [-0.3, -0.25) is 0 Å². The third kappa shape index (κ3) is 3.37. The molecule has 1 rings (SSSR count). The van der Waals surface area contributed by atoms with Crippen LogP contribution in [0, 0.1) is 5.41 Å². The van der Waals surface area contributed by atoms with Gasteiger partial charge in [0.15, 0.2) is 0 Å². The van der Waals surface area contributed by atoms with Crippen LogP contribution in [0.15, 0.2) is 0 Å². The van der Waals surface area contributed by atoms with Crippen molar-refractivity contribution < 1.29 is 9.84 Å². The molecule has 14 heavy (non-hydrogen) atoms. The Morgan fingerprint density at radius 1 is 1.36 bits per heavy atom. The largest absolute Gasteiger partial charge is 0.392 e. The Balaban J connectivity index is 2.47. The quantitative estimate of drug-likeness (QED) is 0.719. The first-order valence-corrected chi connectivity index (χ1v) is 9.21. The lowest BCUT2D eigenvalue weighted by Crippen LogP contribution is -2.45. The van der Waals surface area contributed by atoms with Crippen LogP contribution in [-0.2, 0) is 4.74 Å². The van der Waals surface area contributed by atoms with Gasteiger partial charge in [0.1, 0.15) is 0 Å². The summed E-state index contributed by atoms with van der Waals surface area (Å²) in [6.45, 7) is 11.9. The van der Waals surface area contributed by atoms with Gasteiger partial charge in [-0.2, -0.15) is 0 Å². The van der Waals surface area contributed by atoms with Crippen molar-refractivity contribution in [3.05, 3.63) is 0 Å². The molecule has 1 N–H and O–H groups in total. The van der Waals surface area contributed by atoms with Crippen LogP contribution in [0.3, 0.4) is 0 Å². The van der Waals surface area contributed by atoms with Crippen molar-refractivity contribution in [2.75, 3.05) is 6.61 Å². The smallest absolute Gasteiger partial charge is 0.0637 e. The second-order valence-corrected chi connectivity index (χ2v) is 12.0. The summed E-state index contributed by atoms with van der Waals surface area (Å²) in [5, 5.41) is 9.94. The molecular formula is C11H24O2Si. The molecule has 1 fully saturated rings. The molecule has 1 heterocycles. The molecule has 0 radical (unpaired) electrons. The minimum atomic E-state index is -1.06. The molecule has 2 atom stereocenters. The van der Waals surface area contributed by atoms with Crippen molar-refractivity contribution in [1.82, 2.24) is 0 Å². The van der Waals surface area contributed by atoms with Gasteiger partial charge in [0.05, 0.1) is 18.8 Å². The highest BCUT2D eigenvalue weighted by molar-refractivity contribution is 6.76. The summed E-state index contributed by atoms with van der Waals surface area (Å²) in [5.41, 5.74) is -0.0596. The van der Waals surface area contributed by atoms with Crippen molar-refractivity contribution in [1.29, 1.82) is 0 Å². The van der Waals surface area contributed by atoms with Crippen molar-refractivity contribution in [2.24, 2.45) is 5.41 Å². The summed E-state index contributed by atoms with van der Waals surface area (Å²) in [5.74, 6) is 0. The summed E-state index contributed by atoms with van der Waals surface area (Å²) in [7, 11) is -1.06. The molecule has 2 nitrogen and oxygen atoms in total. The molecule has 0 bridgehead atoms. The van der Waals surface area contributed by atoms with Gasteiger partial charge >= 0.3 is 0 Å². The lowest BCUT2D eigenvalue weighted by molar-refractivity contribution is -0.114. The molecule has 1 aliphatic rings. The first kappa shape index (κ1) is 12.2. The minimum Gasteiger partial charge on any atom is -0.392 e. The third-order valence-corrected chi connectivity index (χ3v) is 4.60. The summed E-state index contributed by atoms with van der Waals surface area (Å²) in [6, 6.07) is 1.17. The Kier molecular flexibility index (Phi) is 3.44. The summed E-state index contributed by atoms with van der Waals surface area (Å²) in [4.78, 5) is 0. The molecule has 1 saturated heterocycles. The molecular weight excluding hydrogens is 192 g/mol. The topological polar surface area (TPSA) is 29.5 Å². The zero-order valence-corrected chi connectivity index (χ0v) is 11.1.